The Morgan fingerprint density at radius 1 is 1.16 bits per heavy atom. The number of benzene rings is 2. The summed E-state index contributed by atoms with van der Waals surface area (Å²) in [4.78, 5) is 17.4. The Kier molecular flexibility index (Phi) is 7.72. The molecule has 1 saturated heterocycles. The molecule has 2 N–H and O–H groups in total. The summed E-state index contributed by atoms with van der Waals surface area (Å²) in [7, 11) is 3.10. The molecule has 0 radical (unpaired) electrons. The van der Waals surface area contributed by atoms with Crippen LogP contribution in [0.25, 0.3) is 0 Å². The fourth-order valence-corrected chi connectivity index (χ4v) is 3.86. The second-order valence-corrected chi connectivity index (χ2v) is 7.47. The molecule has 31 heavy (non-hydrogen) atoms. The van der Waals surface area contributed by atoms with Crippen LogP contribution in [0, 0.1) is 0 Å². The fourth-order valence-electron chi connectivity index (χ4n) is 3.53. The van der Waals surface area contributed by atoms with Gasteiger partial charge in [0.25, 0.3) is 17.2 Å². The van der Waals surface area contributed by atoms with E-state index < -0.39 is 11.3 Å². The van der Waals surface area contributed by atoms with E-state index in [1.54, 1.807) is 55.5 Å². The molecule has 1 aliphatic rings. The van der Waals surface area contributed by atoms with E-state index in [1.807, 2.05) is 6.92 Å². The minimum absolute atomic E-state index is 0.233. The number of amides is 1. The van der Waals surface area contributed by atoms with E-state index in [4.69, 9.17) is 14.2 Å². The van der Waals surface area contributed by atoms with Crippen LogP contribution in [0.15, 0.2) is 36.4 Å². The van der Waals surface area contributed by atoms with Crippen LogP contribution in [0.2, 0.25) is 0 Å². The molecule has 1 unspecified atom stereocenters. The van der Waals surface area contributed by atoms with Gasteiger partial charge in [0, 0.05) is 42.8 Å². The molecule has 0 saturated carbocycles. The van der Waals surface area contributed by atoms with Gasteiger partial charge in [0.05, 0.1) is 33.0 Å². The lowest BCUT2D eigenvalue weighted by Crippen LogP contribution is -2.38. The molecule has 1 aliphatic heterocycles. The van der Waals surface area contributed by atoms with Gasteiger partial charge in [-0.3, -0.25) is 14.1 Å². The molecule has 1 heterocycles. The van der Waals surface area contributed by atoms with Crippen LogP contribution < -0.4 is 24.0 Å². The molecule has 1 atom stereocenters. The van der Waals surface area contributed by atoms with Crippen molar-refractivity contribution in [2.24, 2.45) is 0 Å². The topological polar surface area (TPSA) is 101 Å². The van der Waals surface area contributed by atoms with Crippen LogP contribution in [0.5, 0.6) is 11.5 Å². The first-order chi connectivity index (χ1) is 15.0. The lowest BCUT2D eigenvalue weighted by atomic mass is 10.1. The Morgan fingerprint density at radius 3 is 2.48 bits per heavy atom. The van der Waals surface area contributed by atoms with Crippen LogP contribution in [0.1, 0.15) is 17.3 Å². The van der Waals surface area contributed by atoms with Gasteiger partial charge >= 0.3 is 0 Å². The summed E-state index contributed by atoms with van der Waals surface area (Å²) in [5.41, 5.74) is 2.21. The first kappa shape index (κ1) is 22.9. The summed E-state index contributed by atoms with van der Waals surface area (Å²) in [6, 6.07) is 10.4. The average molecular weight is 450 g/mol. The third-order valence-corrected chi connectivity index (χ3v) is 5.43. The molecule has 10 heteroatoms. The van der Waals surface area contributed by atoms with Gasteiger partial charge in [-0.05, 0) is 37.3 Å². The van der Waals surface area contributed by atoms with Crippen molar-refractivity contribution in [3.8, 4) is 11.5 Å². The van der Waals surface area contributed by atoms with E-state index in [9.17, 15) is 13.6 Å². The maximum absolute atomic E-state index is 13.7. The van der Waals surface area contributed by atoms with E-state index in [-0.39, 0.29) is 5.91 Å². The molecule has 1 amide bonds. The van der Waals surface area contributed by atoms with Gasteiger partial charge in [-0.15, -0.1) is 0 Å². The molecule has 2 aromatic rings. The predicted octanol–water partition coefficient (Wildman–Crippen LogP) is 2.76. The van der Waals surface area contributed by atoms with Gasteiger partial charge in [0.1, 0.15) is 0 Å². The highest BCUT2D eigenvalue weighted by molar-refractivity contribution is 7.80. The Hall–Kier alpha value is -2.82. The van der Waals surface area contributed by atoms with Crippen LogP contribution in [-0.2, 0) is 16.0 Å². The Balaban J connectivity index is 2.02. The van der Waals surface area contributed by atoms with Crippen molar-refractivity contribution < 1.29 is 27.8 Å². The molecule has 0 aromatic heterocycles. The number of hydrogen-bond donors (Lipinski definition) is 2. The monoisotopic (exact) mass is 449 g/mol. The van der Waals surface area contributed by atoms with E-state index in [0.717, 1.165) is 5.69 Å². The normalized spacial score (nSPS) is 14.6. The standard InChI is InChI=1S/C21H27N3O6S/c1-4-24(16-6-8-19(28-2)20(14-16)29-3)21(25)17-13-15(22-31(26)27)5-7-18(17)23-9-11-30-12-10-23/h5-8,13-14,22H,4,9-12H2,1-3H3,(H,26,27). The molecule has 3 rings (SSSR count). The molecule has 0 spiro atoms. The summed E-state index contributed by atoms with van der Waals surface area (Å²) in [6.07, 6.45) is 0. The maximum atomic E-state index is 13.7. The van der Waals surface area contributed by atoms with E-state index in [2.05, 4.69) is 9.62 Å². The minimum atomic E-state index is -2.24. The number of rotatable bonds is 8. The second kappa shape index (κ2) is 10.5. The van der Waals surface area contributed by atoms with Gasteiger partial charge in [0.2, 0.25) is 0 Å². The summed E-state index contributed by atoms with van der Waals surface area (Å²) in [5, 5.41) is 0. The van der Waals surface area contributed by atoms with Gasteiger partial charge in [-0.1, -0.05) is 0 Å². The molecular weight excluding hydrogens is 422 g/mol. The summed E-state index contributed by atoms with van der Waals surface area (Å²) >= 11 is -2.24. The lowest BCUT2D eigenvalue weighted by molar-refractivity contribution is 0.0986. The second-order valence-electron chi connectivity index (χ2n) is 6.77. The van der Waals surface area contributed by atoms with Gasteiger partial charge in [-0.2, -0.15) is 0 Å². The molecule has 0 aliphatic carbocycles. The predicted molar refractivity (Wildman–Crippen MR) is 121 cm³/mol. The largest absolute Gasteiger partial charge is 0.493 e. The number of morpholine rings is 1. The highest BCUT2D eigenvalue weighted by atomic mass is 32.2. The first-order valence-corrected chi connectivity index (χ1v) is 11.0. The Labute approximate surface area is 184 Å². The van der Waals surface area contributed by atoms with Crippen molar-refractivity contribution >= 4 is 34.2 Å². The maximum Gasteiger partial charge on any atom is 0.260 e. The van der Waals surface area contributed by atoms with E-state index >= 15 is 0 Å². The van der Waals surface area contributed by atoms with Crippen molar-refractivity contribution in [3.63, 3.8) is 0 Å². The highest BCUT2D eigenvalue weighted by Crippen LogP contribution is 2.33. The number of carbonyl (C=O) groups excluding carboxylic acids is 1. The van der Waals surface area contributed by atoms with Crippen LogP contribution in [-0.4, -0.2) is 61.7 Å². The molecule has 0 bridgehead atoms. The smallest absolute Gasteiger partial charge is 0.260 e. The molecule has 1 fully saturated rings. The first-order valence-electron chi connectivity index (χ1n) is 9.86. The zero-order valence-corrected chi connectivity index (χ0v) is 18.6. The van der Waals surface area contributed by atoms with Crippen LogP contribution in [0.4, 0.5) is 17.1 Å². The molecular formula is C21H27N3O6S. The number of anilines is 3. The highest BCUT2D eigenvalue weighted by Gasteiger charge is 2.24. The van der Waals surface area contributed by atoms with Crippen LogP contribution >= 0.6 is 0 Å². The third-order valence-electron chi connectivity index (χ3n) is 5.02. The van der Waals surface area contributed by atoms with Crippen molar-refractivity contribution in [2.75, 3.05) is 61.6 Å². The number of hydrogen-bond acceptors (Lipinski definition) is 6. The minimum Gasteiger partial charge on any atom is -0.493 e. The molecule has 2 aromatic carbocycles. The van der Waals surface area contributed by atoms with Crippen molar-refractivity contribution in [2.45, 2.75) is 6.92 Å². The van der Waals surface area contributed by atoms with Crippen molar-refractivity contribution in [3.05, 3.63) is 42.0 Å². The summed E-state index contributed by atoms with van der Waals surface area (Å²) in [5.74, 6) is 0.856. The zero-order chi connectivity index (χ0) is 22.4. The quantitative estimate of drug-likeness (QED) is 0.598. The Bertz CT molecular complexity index is 949. The van der Waals surface area contributed by atoms with Crippen molar-refractivity contribution in [1.29, 1.82) is 0 Å². The van der Waals surface area contributed by atoms with Crippen LogP contribution in [0.3, 0.4) is 0 Å². The SMILES string of the molecule is CCN(C(=O)c1cc(NS(=O)O)ccc1N1CCOCC1)c1ccc(OC)c(OC)c1. The average Bonchev–Trinajstić information content (AvgIpc) is 2.79. The number of ether oxygens (including phenoxy) is 3. The zero-order valence-electron chi connectivity index (χ0n) is 17.8. The lowest BCUT2D eigenvalue weighted by Gasteiger charge is -2.32. The fraction of sp³-hybridized carbons (Fsp3) is 0.381. The van der Waals surface area contributed by atoms with Crippen molar-refractivity contribution in [1.82, 2.24) is 0 Å². The third kappa shape index (κ3) is 5.27. The van der Waals surface area contributed by atoms with Gasteiger partial charge < -0.3 is 24.0 Å². The summed E-state index contributed by atoms with van der Waals surface area (Å²) < 4.78 is 39.0. The summed E-state index contributed by atoms with van der Waals surface area (Å²) in [6.45, 7) is 4.75. The Morgan fingerprint density at radius 2 is 1.87 bits per heavy atom. The van der Waals surface area contributed by atoms with E-state index in [0.29, 0.717) is 61.3 Å². The number of nitrogens with zero attached hydrogens (tertiary/aromatic N) is 2. The molecule has 168 valence electrons. The molecule has 9 nitrogen and oxygen atoms in total. The van der Waals surface area contributed by atoms with E-state index in [1.165, 1.54) is 0 Å². The number of nitrogens with one attached hydrogen (secondary N) is 1. The van der Waals surface area contributed by atoms with Gasteiger partial charge in [0.15, 0.2) is 11.5 Å². The number of methoxy groups -OCH3 is 2. The van der Waals surface area contributed by atoms with Gasteiger partial charge in [-0.25, -0.2) is 4.21 Å². The number of carbonyl (C=O) groups is 1.